The van der Waals surface area contributed by atoms with Gasteiger partial charge in [-0.1, -0.05) is 22.0 Å². The number of nitrogens with zero attached hydrogens (tertiary/aromatic N) is 1. The van der Waals surface area contributed by atoms with Gasteiger partial charge < -0.3 is 10.4 Å². The summed E-state index contributed by atoms with van der Waals surface area (Å²) in [5.74, 6) is -0.153. The van der Waals surface area contributed by atoms with E-state index in [0.717, 1.165) is 29.4 Å². The maximum Gasteiger partial charge on any atom is 0.317 e. The second kappa shape index (κ2) is 7.23. The smallest absolute Gasteiger partial charge is 0.317 e. The molecule has 130 valence electrons. The van der Waals surface area contributed by atoms with Crippen LogP contribution in [0.15, 0.2) is 22.7 Å². The SMILES string of the molecule is Cc1ccc(Br)cc1C(=O)NC1CC(N(CC(=O)O)CC2CC2)C1. The molecule has 0 atom stereocenters. The van der Waals surface area contributed by atoms with Gasteiger partial charge in [0, 0.05) is 28.7 Å². The number of carbonyl (C=O) groups is 2. The molecule has 0 spiro atoms. The first-order valence-electron chi connectivity index (χ1n) is 8.45. The molecule has 0 saturated heterocycles. The largest absolute Gasteiger partial charge is 0.480 e. The minimum Gasteiger partial charge on any atom is -0.480 e. The average molecular weight is 395 g/mol. The van der Waals surface area contributed by atoms with E-state index in [1.807, 2.05) is 25.1 Å². The van der Waals surface area contributed by atoms with E-state index in [2.05, 4.69) is 26.1 Å². The summed E-state index contributed by atoms with van der Waals surface area (Å²) in [7, 11) is 0. The third-order valence-corrected chi connectivity index (χ3v) is 5.43. The number of halogens is 1. The van der Waals surface area contributed by atoms with Gasteiger partial charge in [-0.2, -0.15) is 0 Å². The van der Waals surface area contributed by atoms with Gasteiger partial charge in [-0.3, -0.25) is 14.5 Å². The maximum absolute atomic E-state index is 12.4. The summed E-state index contributed by atoms with van der Waals surface area (Å²) in [5, 5.41) is 12.2. The molecule has 1 aromatic carbocycles. The summed E-state index contributed by atoms with van der Waals surface area (Å²) >= 11 is 3.40. The molecule has 0 aromatic heterocycles. The Hall–Kier alpha value is -1.40. The van der Waals surface area contributed by atoms with Gasteiger partial charge in [0.05, 0.1) is 6.54 Å². The van der Waals surface area contributed by atoms with Crippen LogP contribution in [0.25, 0.3) is 0 Å². The summed E-state index contributed by atoms with van der Waals surface area (Å²) in [6.07, 6.45) is 4.09. The Kier molecular flexibility index (Phi) is 5.25. The number of aryl methyl sites for hydroxylation is 1. The first-order chi connectivity index (χ1) is 11.4. The van der Waals surface area contributed by atoms with Crippen molar-refractivity contribution in [2.75, 3.05) is 13.1 Å². The van der Waals surface area contributed by atoms with Gasteiger partial charge in [-0.25, -0.2) is 0 Å². The minimum atomic E-state index is -0.770. The zero-order valence-electron chi connectivity index (χ0n) is 13.8. The van der Waals surface area contributed by atoms with Crippen molar-refractivity contribution in [3.63, 3.8) is 0 Å². The zero-order chi connectivity index (χ0) is 17.3. The van der Waals surface area contributed by atoms with Crippen molar-refractivity contribution in [3.05, 3.63) is 33.8 Å². The van der Waals surface area contributed by atoms with Gasteiger partial charge in [0.2, 0.25) is 0 Å². The van der Waals surface area contributed by atoms with E-state index >= 15 is 0 Å². The van der Waals surface area contributed by atoms with Crippen molar-refractivity contribution < 1.29 is 14.7 Å². The Morgan fingerprint density at radius 2 is 2.04 bits per heavy atom. The molecular formula is C18H23BrN2O3. The highest BCUT2D eigenvalue weighted by atomic mass is 79.9. The normalized spacial score (nSPS) is 23.0. The van der Waals surface area contributed by atoms with Crippen LogP contribution in [0.3, 0.4) is 0 Å². The quantitative estimate of drug-likeness (QED) is 0.745. The molecule has 0 unspecified atom stereocenters. The molecule has 2 N–H and O–H groups in total. The molecule has 24 heavy (non-hydrogen) atoms. The van der Waals surface area contributed by atoms with Crippen LogP contribution in [0.2, 0.25) is 0 Å². The Morgan fingerprint density at radius 3 is 2.67 bits per heavy atom. The van der Waals surface area contributed by atoms with Crippen LogP contribution in [0.4, 0.5) is 0 Å². The number of rotatable bonds is 7. The van der Waals surface area contributed by atoms with E-state index in [4.69, 9.17) is 5.11 Å². The summed E-state index contributed by atoms with van der Waals surface area (Å²) in [4.78, 5) is 25.6. The van der Waals surface area contributed by atoms with E-state index in [-0.39, 0.29) is 24.5 Å². The number of carboxylic acids is 1. The van der Waals surface area contributed by atoms with E-state index in [9.17, 15) is 9.59 Å². The third-order valence-electron chi connectivity index (χ3n) is 4.94. The highest BCUT2D eigenvalue weighted by Gasteiger charge is 2.37. The van der Waals surface area contributed by atoms with Crippen molar-refractivity contribution >= 4 is 27.8 Å². The zero-order valence-corrected chi connectivity index (χ0v) is 15.4. The number of carboxylic acid groups (broad SMARTS) is 1. The summed E-state index contributed by atoms with van der Waals surface area (Å²) in [6, 6.07) is 6.09. The minimum absolute atomic E-state index is 0.0516. The van der Waals surface area contributed by atoms with Gasteiger partial charge >= 0.3 is 5.97 Å². The summed E-state index contributed by atoms with van der Waals surface area (Å²) in [6.45, 7) is 2.91. The van der Waals surface area contributed by atoms with Crippen LogP contribution in [-0.2, 0) is 4.79 Å². The van der Waals surface area contributed by atoms with Crippen molar-refractivity contribution in [3.8, 4) is 0 Å². The predicted octanol–water partition coefficient (Wildman–Crippen LogP) is 2.81. The monoisotopic (exact) mass is 394 g/mol. The van der Waals surface area contributed by atoms with Gasteiger partial charge in [0.15, 0.2) is 0 Å². The first kappa shape index (κ1) is 17.4. The standard InChI is InChI=1S/C18H23BrN2O3/c1-11-2-5-13(19)6-16(11)18(24)20-14-7-15(8-14)21(10-17(22)23)9-12-3-4-12/h2,5-6,12,14-15H,3-4,7-10H2,1H3,(H,20,24)(H,22,23). The Balaban J connectivity index is 1.52. The molecule has 0 heterocycles. The molecule has 2 aliphatic carbocycles. The lowest BCUT2D eigenvalue weighted by Crippen LogP contribution is -2.55. The van der Waals surface area contributed by atoms with E-state index in [0.29, 0.717) is 11.5 Å². The molecule has 0 bridgehead atoms. The number of carbonyl (C=O) groups excluding carboxylic acids is 1. The Bertz CT molecular complexity index is 639. The molecule has 1 aromatic rings. The van der Waals surface area contributed by atoms with E-state index < -0.39 is 5.97 Å². The van der Waals surface area contributed by atoms with Crippen molar-refractivity contribution in [1.29, 1.82) is 0 Å². The highest BCUT2D eigenvalue weighted by Crippen LogP contribution is 2.34. The Morgan fingerprint density at radius 1 is 1.33 bits per heavy atom. The molecule has 0 aliphatic heterocycles. The number of hydrogen-bond donors (Lipinski definition) is 2. The van der Waals surface area contributed by atoms with E-state index in [1.165, 1.54) is 12.8 Å². The lowest BCUT2D eigenvalue weighted by molar-refractivity contribution is -0.139. The van der Waals surface area contributed by atoms with Crippen LogP contribution in [0.1, 0.15) is 41.6 Å². The number of benzene rings is 1. The molecule has 6 heteroatoms. The Labute approximate surface area is 150 Å². The molecule has 1 amide bonds. The lowest BCUT2D eigenvalue weighted by atomic mass is 9.85. The molecule has 0 radical (unpaired) electrons. The second-order valence-electron chi connectivity index (χ2n) is 7.02. The molecule has 2 saturated carbocycles. The van der Waals surface area contributed by atoms with E-state index in [1.54, 1.807) is 0 Å². The van der Waals surface area contributed by atoms with Gasteiger partial charge in [-0.15, -0.1) is 0 Å². The second-order valence-corrected chi connectivity index (χ2v) is 7.94. The first-order valence-corrected chi connectivity index (χ1v) is 9.24. The van der Waals surface area contributed by atoms with Crippen molar-refractivity contribution in [2.45, 2.75) is 44.7 Å². The maximum atomic E-state index is 12.4. The molecule has 3 rings (SSSR count). The highest BCUT2D eigenvalue weighted by molar-refractivity contribution is 9.10. The number of aliphatic carboxylic acids is 1. The van der Waals surface area contributed by atoms with Crippen LogP contribution in [0, 0.1) is 12.8 Å². The van der Waals surface area contributed by atoms with Crippen LogP contribution < -0.4 is 5.32 Å². The molecule has 5 nitrogen and oxygen atoms in total. The van der Waals surface area contributed by atoms with Gasteiger partial charge in [-0.05, 0) is 56.2 Å². The summed E-state index contributed by atoms with van der Waals surface area (Å²) < 4.78 is 0.891. The fraction of sp³-hybridized carbons (Fsp3) is 0.556. The molecular weight excluding hydrogens is 372 g/mol. The topological polar surface area (TPSA) is 69.6 Å². The van der Waals surface area contributed by atoms with Crippen molar-refractivity contribution in [1.82, 2.24) is 10.2 Å². The number of hydrogen-bond acceptors (Lipinski definition) is 3. The molecule has 2 aliphatic rings. The number of amides is 1. The number of nitrogens with one attached hydrogen (secondary N) is 1. The average Bonchev–Trinajstić information content (AvgIpc) is 3.27. The van der Waals surface area contributed by atoms with Crippen LogP contribution in [0.5, 0.6) is 0 Å². The van der Waals surface area contributed by atoms with Crippen LogP contribution in [-0.4, -0.2) is 47.1 Å². The lowest BCUT2D eigenvalue weighted by Gasteiger charge is -2.42. The fourth-order valence-corrected chi connectivity index (χ4v) is 3.62. The van der Waals surface area contributed by atoms with Gasteiger partial charge in [0.25, 0.3) is 5.91 Å². The predicted molar refractivity (Wildman–Crippen MR) is 95.1 cm³/mol. The van der Waals surface area contributed by atoms with Crippen molar-refractivity contribution in [2.24, 2.45) is 5.92 Å². The van der Waals surface area contributed by atoms with Gasteiger partial charge in [0.1, 0.15) is 0 Å². The van der Waals surface area contributed by atoms with Crippen LogP contribution >= 0.6 is 15.9 Å². The summed E-state index contributed by atoms with van der Waals surface area (Å²) in [5.41, 5.74) is 1.64. The fourth-order valence-electron chi connectivity index (χ4n) is 3.25. The third kappa shape index (κ3) is 4.36. The molecule has 2 fully saturated rings.